The Morgan fingerprint density at radius 2 is 2.12 bits per heavy atom. The second-order valence-electron chi connectivity index (χ2n) is 4.65. The lowest BCUT2D eigenvalue weighted by Crippen LogP contribution is -2.44. The maximum absolute atomic E-state index is 11.8. The first-order valence-electron chi connectivity index (χ1n) is 5.78. The van der Waals surface area contributed by atoms with Crippen LogP contribution >= 0.6 is 0 Å². The van der Waals surface area contributed by atoms with Crippen LogP contribution in [0.3, 0.4) is 0 Å². The number of carbonyl (C=O) groups excluding carboxylic acids is 1. The van der Waals surface area contributed by atoms with Gasteiger partial charge in [0.05, 0.1) is 17.4 Å². The van der Waals surface area contributed by atoms with E-state index in [9.17, 15) is 13.2 Å². The first-order chi connectivity index (χ1) is 7.57. The lowest BCUT2D eigenvalue weighted by atomic mass is 9.98. The van der Waals surface area contributed by atoms with E-state index in [4.69, 9.17) is 0 Å². The van der Waals surface area contributed by atoms with Crippen molar-refractivity contribution in [2.45, 2.75) is 25.3 Å². The lowest BCUT2D eigenvalue weighted by Gasteiger charge is -2.23. The molecule has 2 fully saturated rings. The molecule has 1 unspecified atom stereocenters. The quantitative estimate of drug-likeness (QED) is 0.675. The van der Waals surface area contributed by atoms with Gasteiger partial charge in [-0.25, -0.2) is 8.42 Å². The molecule has 2 aliphatic heterocycles. The molecule has 0 radical (unpaired) electrons. The topological polar surface area (TPSA) is 75.3 Å². The van der Waals surface area contributed by atoms with Crippen LogP contribution in [0.15, 0.2) is 0 Å². The first kappa shape index (κ1) is 11.9. The Kier molecular flexibility index (Phi) is 3.49. The summed E-state index contributed by atoms with van der Waals surface area (Å²) in [5, 5.41) is 6.02. The average molecular weight is 246 g/mol. The number of amides is 1. The highest BCUT2D eigenvalue weighted by atomic mass is 32.2. The second kappa shape index (κ2) is 4.71. The zero-order valence-corrected chi connectivity index (χ0v) is 10.1. The fraction of sp³-hybridized carbons (Fsp3) is 0.900. The highest BCUT2D eigenvalue weighted by Gasteiger charge is 2.31. The molecule has 0 saturated carbocycles. The van der Waals surface area contributed by atoms with E-state index in [2.05, 4.69) is 10.6 Å². The van der Waals surface area contributed by atoms with E-state index in [1.54, 1.807) is 0 Å². The van der Waals surface area contributed by atoms with Crippen LogP contribution in [-0.4, -0.2) is 45.0 Å². The van der Waals surface area contributed by atoms with Crippen molar-refractivity contribution in [2.75, 3.05) is 24.6 Å². The molecule has 0 bridgehead atoms. The summed E-state index contributed by atoms with van der Waals surface area (Å²) in [6.45, 7) is 1.69. The normalized spacial score (nSPS) is 33.5. The van der Waals surface area contributed by atoms with Crippen LogP contribution in [0, 0.1) is 5.92 Å². The third-order valence-corrected chi connectivity index (χ3v) is 5.01. The van der Waals surface area contributed by atoms with Gasteiger partial charge in [0.25, 0.3) is 0 Å². The van der Waals surface area contributed by atoms with Crippen molar-refractivity contribution in [3.8, 4) is 0 Å². The van der Waals surface area contributed by atoms with Gasteiger partial charge in [-0.15, -0.1) is 0 Å². The summed E-state index contributed by atoms with van der Waals surface area (Å²) in [5.41, 5.74) is 0. The maximum Gasteiger partial charge on any atom is 0.224 e. The third kappa shape index (κ3) is 2.95. The van der Waals surface area contributed by atoms with Crippen LogP contribution < -0.4 is 10.6 Å². The van der Waals surface area contributed by atoms with Crippen molar-refractivity contribution in [2.24, 2.45) is 5.92 Å². The smallest absolute Gasteiger partial charge is 0.224 e. The molecular weight excluding hydrogens is 228 g/mol. The minimum absolute atomic E-state index is 0.00861. The summed E-state index contributed by atoms with van der Waals surface area (Å²) in [6.07, 6.45) is 2.48. The lowest BCUT2D eigenvalue weighted by molar-refractivity contribution is -0.126. The summed E-state index contributed by atoms with van der Waals surface area (Å²) < 4.78 is 22.5. The van der Waals surface area contributed by atoms with Crippen molar-refractivity contribution in [1.29, 1.82) is 0 Å². The van der Waals surface area contributed by atoms with Crippen molar-refractivity contribution >= 4 is 15.7 Å². The summed E-state index contributed by atoms with van der Waals surface area (Å²) in [7, 11) is -2.90. The van der Waals surface area contributed by atoms with Gasteiger partial charge in [-0.05, 0) is 25.8 Å². The number of sulfone groups is 1. The van der Waals surface area contributed by atoms with Gasteiger partial charge in [-0.2, -0.15) is 0 Å². The Bertz CT molecular complexity index is 360. The Balaban J connectivity index is 1.83. The standard InChI is InChI=1S/C10H18N2O3S/c13-10(8-2-1-4-11-6-8)12-9-3-5-16(14,15)7-9/h8-9,11H,1-7H2,(H,12,13)/t8-,9?/m1/s1. The Morgan fingerprint density at radius 3 is 2.69 bits per heavy atom. The molecule has 92 valence electrons. The van der Waals surface area contributed by atoms with E-state index in [1.165, 1.54) is 0 Å². The molecule has 2 saturated heterocycles. The molecule has 2 aliphatic rings. The van der Waals surface area contributed by atoms with Crippen molar-refractivity contribution in [3.05, 3.63) is 0 Å². The van der Waals surface area contributed by atoms with Crippen LogP contribution in [0.1, 0.15) is 19.3 Å². The minimum atomic E-state index is -2.90. The zero-order chi connectivity index (χ0) is 11.6. The Hall–Kier alpha value is -0.620. The SMILES string of the molecule is O=C(NC1CCS(=O)(=O)C1)[C@@H]1CCCNC1. The maximum atomic E-state index is 11.8. The van der Waals surface area contributed by atoms with Crippen molar-refractivity contribution < 1.29 is 13.2 Å². The second-order valence-corrected chi connectivity index (χ2v) is 6.88. The number of nitrogens with one attached hydrogen (secondary N) is 2. The van der Waals surface area contributed by atoms with Gasteiger partial charge in [0, 0.05) is 12.6 Å². The molecule has 0 aromatic rings. The number of carbonyl (C=O) groups is 1. The molecule has 5 nitrogen and oxygen atoms in total. The number of hydrogen-bond donors (Lipinski definition) is 2. The van der Waals surface area contributed by atoms with Crippen molar-refractivity contribution in [1.82, 2.24) is 10.6 Å². The largest absolute Gasteiger partial charge is 0.352 e. The van der Waals surface area contributed by atoms with Gasteiger partial charge >= 0.3 is 0 Å². The van der Waals surface area contributed by atoms with Crippen LogP contribution in [0.5, 0.6) is 0 Å². The van der Waals surface area contributed by atoms with Crippen LogP contribution in [-0.2, 0) is 14.6 Å². The molecule has 0 aromatic heterocycles. The molecular formula is C10H18N2O3S. The Labute approximate surface area is 95.9 Å². The Morgan fingerprint density at radius 1 is 1.31 bits per heavy atom. The number of piperidine rings is 1. The number of rotatable bonds is 2. The molecule has 2 rings (SSSR count). The predicted molar refractivity (Wildman–Crippen MR) is 60.8 cm³/mol. The zero-order valence-electron chi connectivity index (χ0n) is 9.24. The number of hydrogen-bond acceptors (Lipinski definition) is 4. The summed E-state index contributed by atoms with van der Waals surface area (Å²) in [4.78, 5) is 11.8. The highest BCUT2D eigenvalue weighted by Crippen LogP contribution is 2.14. The monoisotopic (exact) mass is 246 g/mol. The van der Waals surface area contributed by atoms with Gasteiger partial charge in [0.2, 0.25) is 5.91 Å². The minimum Gasteiger partial charge on any atom is -0.352 e. The van der Waals surface area contributed by atoms with E-state index < -0.39 is 9.84 Å². The van der Waals surface area contributed by atoms with E-state index in [-0.39, 0.29) is 29.4 Å². The van der Waals surface area contributed by atoms with Gasteiger partial charge in [-0.3, -0.25) is 4.79 Å². The molecule has 1 amide bonds. The average Bonchev–Trinajstić information content (AvgIpc) is 2.59. The van der Waals surface area contributed by atoms with E-state index in [1.807, 2.05) is 0 Å². The third-order valence-electron chi connectivity index (χ3n) is 3.25. The van der Waals surface area contributed by atoms with Crippen LogP contribution in [0.4, 0.5) is 0 Å². The predicted octanol–water partition coefficient (Wildman–Crippen LogP) is -0.711. The molecule has 6 heteroatoms. The van der Waals surface area contributed by atoms with Crippen molar-refractivity contribution in [3.63, 3.8) is 0 Å². The fourth-order valence-electron chi connectivity index (χ4n) is 2.30. The fourth-order valence-corrected chi connectivity index (χ4v) is 3.98. The van der Waals surface area contributed by atoms with Gasteiger partial charge in [0.15, 0.2) is 9.84 Å². The van der Waals surface area contributed by atoms with E-state index in [0.29, 0.717) is 13.0 Å². The molecule has 16 heavy (non-hydrogen) atoms. The van der Waals surface area contributed by atoms with Gasteiger partial charge in [0.1, 0.15) is 0 Å². The summed E-state index contributed by atoms with van der Waals surface area (Å²) in [5.74, 6) is 0.339. The van der Waals surface area contributed by atoms with Crippen LogP contribution in [0.2, 0.25) is 0 Å². The molecule has 0 aliphatic carbocycles. The van der Waals surface area contributed by atoms with Crippen LogP contribution in [0.25, 0.3) is 0 Å². The molecule has 2 heterocycles. The molecule has 2 N–H and O–H groups in total. The highest BCUT2D eigenvalue weighted by molar-refractivity contribution is 7.91. The molecule has 2 atom stereocenters. The summed E-state index contributed by atoms with van der Waals surface area (Å²) >= 11 is 0. The first-order valence-corrected chi connectivity index (χ1v) is 7.60. The molecule has 0 aromatic carbocycles. The van der Waals surface area contributed by atoms with Gasteiger partial charge < -0.3 is 10.6 Å². The van der Waals surface area contributed by atoms with E-state index in [0.717, 1.165) is 19.4 Å². The van der Waals surface area contributed by atoms with E-state index >= 15 is 0 Å². The molecule has 0 spiro atoms. The summed E-state index contributed by atoms with van der Waals surface area (Å²) in [6, 6.07) is -0.167. The van der Waals surface area contributed by atoms with Gasteiger partial charge in [-0.1, -0.05) is 0 Å².